The first kappa shape index (κ1) is 32.3. The number of para-hydroxylation sites is 1. The van der Waals surface area contributed by atoms with Crippen LogP contribution in [0.25, 0.3) is 94.7 Å². The molecular weight excluding hydrogens is 677 g/mol. The first-order valence-corrected chi connectivity index (χ1v) is 19.6. The van der Waals surface area contributed by atoms with E-state index in [0.717, 1.165) is 18.5 Å². The van der Waals surface area contributed by atoms with Crippen molar-refractivity contribution in [1.29, 1.82) is 0 Å². The van der Waals surface area contributed by atoms with E-state index in [4.69, 9.17) is 0 Å². The summed E-state index contributed by atoms with van der Waals surface area (Å²) in [6, 6.07) is 71.0. The van der Waals surface area contributed by atoms with Crippen LogP contribution in [0.2, 0.25) is 0 Å². The zero-order chi connectivity index (χ0) is 37.0. The maximum atomic E-state index is 2.49. The van der Waals surface area contributed by atoms with Crippen LogP contribution in [0, 0.1) is 0 Å². The summed E-state index contributed by atoms with van der Waals surface area (Å²) in [5.74, 6) is 0. The topological polar surface area (TPSA) is 9.86 Å². The summed E-state index contributed by atoms with van der Waals surface area (Å²) < 4.78 is 4.94. The van der Waals surface area contributed by atoms with Crippen molar-refractivity contribution in [2.75, 3.05) is 0 Å². The average Bonchev–Trinajstić information content (AvgIpc) is 3.79. The monoisotopic (exact) mass is 714 g/mol. The summed E-state index contributed by atoms with van der Waals surface area (Å²) in [5.41, 5.74) is 18.5. The Morgan fingerprint density at radius 1 is 0.321 bits per heavy atom. The molecular formula is C54H38N2. The van der Waals surface area contributed by atoms with E-state index in [1.54, 1.807) is 0 Å². The Morgan fingerprint density at radius 3 is 1.52 bits per heavy atom. The second-order valence-electron chi connectivity index (χ2n) is 14.9. The van der Waals surface area contributed by atoms with Gasteiger partial charge in [0.1, 0.15) is 0 Å². The molecule has 2 aromatic heterocycles. The van der Waals surface area contributed by atoms with E-state index in [0.29, 0.717) is 0 Å². The fourth-order valence-electron chi connectivity index (χ4n) is 8.92. The van der Waals surface area contributed by atoms with Crippen LogP contribution in [0.3, 0.4) is 0 Å². The molecule has 0 saturated carbocycles. The number of aromatic nitrogens is 2. The van der Waals surface area contributed by atoms with Gasteiger partial charge in [-0.05, 0) is 118 Å². The molecule has 1 aliphatic carbocycles. The van der Waals surface area contributed by atoms with Crippen LogP contribution in [0.4, 0.5) is 0 Å². The maximum Gasteiger partial charge on any atom is 0.0541 e. The quantitative estimate of drug-likeness (QED) is 0.162. The molecule has 0 atom stereocenters. The highest BCUT2D eigenvalue weighted by Crippen LogP contribution is 2.40. The Hall–Kier alpha value is -7.16. The van der Waals surface area contributed by atoms with Crippen molar-refractivity contribution in [2.24, 2.45) is 0 Å². The smallest absolute Gasteiger partial charge is 0.0541 e. The molecule has 11 rings (SSSR count). The molecule has 0 amide bonds. The normalized spacial score (nSPS) is 12.4. The predicted octanol–water partition coefficient (Wildman–Crippen LogP) is 14.4. The van der Waals surface area contributed by atoms with Gasteiger partial charge in [0.05, 0.1) is 16.6 Å². The van der Waals surface area contributed by atoms with E-state index < -0.39 is 0 Å². The van der Waals surface area contributed by atoms with E-state index in [1.807, 2.05) is 0 Å². The van der Waals surface area contributed by atoms with Crippen LogP contribution < -0.4 is 0 Å². The van der Waals surface area contributed by atoms with Gasteiger partial charge in [0.15, 0.2) is 0 Å². The minimum atomic E-state index is 1.02. The number of hydrogen-bond acceptors (Lipinski definition) is 0. The summed E-state index contributed by atoms with van der Waals surface area (Å²) in [5, 5.41) is 3.80. The fourth-order valence-corrected chi connectivity index (χ4v) is 8.92. The van der Waals surface area contributed by atoms with Crippen LogP contribution in [-0.4, -0.2) is 9.13 Å². The third-order valence-electron chi connectivity index (χ3n) is 11.5. The third kappa shape index (κ3) is 5.41. The summed E-state index contributed by atoms with van der Waals surface area (Å²) >= 11 is 0. The molecule has 0 spiro atoms. The van der Waals surface area contributed by atoms with E-state index >= 15 is 0 Å². The second-order valence-corrected chi connectivity index (χ2v) is 14.9. The molecule has 10 aromatic rings. The Morgan fingerprint density at radius 2 is 0.839 bits per heavy atom. The highest BCUT2D eigenvalue weighted by Gasteiger charge is 2.21. The van der Waals surface area contributed by atoms with Gasteiger partial charge < -0.3 is 9.13 Å². The molecule has 0 fully saturated rings. The van der Waals surface area contributed by atoms with E-state index in [9.17, 15) is 0 Å². The molecule has 2 nitrogen and oxygen atoms in total. The zero-order valence-electron chi connectivity index (χ0n) is 30.9. The molecule has 0 aliphatic heterocycles. The molecule has 264 valence electrons. The van der Waals surface area contributed by atoms with Crippen LogP contribution in [-0.2, 0) is 6.42 Å². The number of fused-ring (bicyclic) bond motifs is 6. The van der Waals surface area contributed by atoms with Crippen molar-refractivity contribution in [3.05, 3.63) is 211 Å². The third-order valence-corrected chi connectivity index (χ3v) is 11.5. The predicted molar refractivity (Wildman–Crippen MR) is 237 cm³/mol. The first-order chi connectivity index (χ1) is 27.8. The van der Waals surface area contributed by atoms with E-state index in [2.05, 4.69) is 215 Å². The van der Waals surface area contributed by atoms with Crippen LogP contribution in [0.1, 0.15) is 17.7 Å². The second kappa shape index (κ2) is 13.3. The summed E-state index contributed by atoms with van der Waals surface area (Å²) in [7, 11) is 0. The van der Waals surface area contributed by atoms with Crippen molar-refractivity contribution in [3.63, 3.8) is 0 Å². The lowest BCUT2D eigenvalue weighted by Gasteiger charge is -2.14. The molecule has 1 aliphatic rings. The van der Waals surface area contributed by atoms with E-state index in [-0.39, 0.29) is 0 Å². The number of hydrogen-bond donors (Lipinski definition) is 0. The lowest BCUT2D eigenvalue weighted by atomic mass is 9.97. The molecule has 2 heterocycles. The summed E-state index contributed by atoms with van der Waals surface area (Å²) in [4.78, 5) is 0. The minimum absolute atomic E-state index is 1.02. The molecule has 0 radical (unpaired) electrons. The summed E-state index contributed by atoms with van der Waals surface area (Å²) in [6.07, 6.45) is 6.74. The van der Waals surface area contributed by atoms with Crippen molar-refractivity contribution in [2.45, 2.75) is 12.8 Å². The molecule has 56 heavy (non-hydrogen) atoms. The largest absolute Gasteiger partial charge is 0.313 e. The number of benzene rings is 8. The number of nitrogens with zero attached hydrogens (tertiary/aromatic N) is 2. The van der Waals surface area contributed by atoms with Crippen LogP contribution in [0.5, 0.6) is 0 Å². The van der Waals surface area contributed by atoms with Crippen LogP contribution in [0.15, 0.2) is 200 Å². The SMILES string of the molecule is C1=Cc2c(n(-c3cccc(-c4ccccc4)c3)c3ccc(-c4ccc5c(c4)c4ccccc4n5-c4cc(-c5ccccc5)cc(-c5ccccc5)c4)cc23)CC1. The Kier molecular flexibility index (Phi) is 7.67. The minimum Gasteiger partial charge on any atom is -0.313 e. The van der Waals surface area contributed by atoms with Gasteiger partial charge >= 0.3 is 0 Å². The lowest BCUT2D eigenvalue weighted by Crippen LogP contribution is -2.03. The van der Waals surface area contributed by atoms with Crippen molar-refractivity contribution in [1.82, 2.24) is 9.13 Å². The Labute approximate surface area is 326 Å². The molecule has 0 bridgehead atoms. The highest BCUT2D eigenvalue weighted by molar-refractivity contribution is 6.11. The standard InChI is InChI=1S/C54H38N2/c1-4-15-37(16-5-1)40-21-14-22-45(32-40)55-51-25-12-10-23-47(51)49-35-41(27-29-53(49)55)42-28-30-54-50(36-42)48-24-11-13-26-52(48)56(54)46-33-43(38-17-6-2-7-18-38)31-44(34-46)39-19-8-3-9-20-39/h1-11,13-24,26-36H,12,25H2. The number of allylic oxidation sites excluding steroid dienone is 1. The molecule has 0 unspecified atom stereocenters. The molecule has 0 N–H and O–H groups in total. The van der Waals surface area contributed by atoms with Gasteiger partial charge in [0.2, 0.25) is 0 Å². The van der Waals surface area contributed by atoms with Gasteiger partial charge in [0, 0.05) is 38.8 Å². The van der Waals surface area contributed by atoms with Crippen molar-refractivity contribution >= 4 is 38.8 Å². The van der Waals surface area contributed by atoms with Gasteiger partial charge in [-0.1, -0.05) is 146 Å². The summed E-state index contributed by atoms with van der Waals surface area (Å²) in [6.45, 7) is 0. The molecule has 2 heteroatoms. The maximum absolute atomic E-state index is 2.49. The van der Waals surface area contributed by atoms with Crippen molar-refractivity contribution < 1.29 is 0 Å². The van der Waals surface area contributed by atoms with Crippen molar-refractivity contribution in [3.8, 4) is 55.9 Å². The van der Waals surface area contributed by atoms with Gasteiger partial charge in [-0.3, -0.25) is 0 Å². The Bertz CT molecular complexity index is 3050. The highest BCUT2D eigenvalue weighted by atomic mass is 15.0. The van der Waals surface area contributed by atoms with E-state index in [1.165, 1.54) is 94.2 Å². The van der Waals surface area contributed by atoms with Gasteiger partial charge in [-0.15, -0.1) is 0 Å². The average molecular weight is 715 g/mol. The zero-order valence-corrected chi connectivity index (χ0v) is 30.9. The first-order valence-electron chi connectivity index (χ1n) is 19.6. The molecule has 0 saturated heterocycles. The number of rotatable bonds is 6. The fraction of sp³-hybridized carbons (Fsp3) is 0.0370. The Balaban J connectivity index is 1.06. The van der Waals surface area contributed by atoms with Gasteiger partial charge in [-0.2, -0.15) is 0 Å². The van der Waals surface area contributed by atoms with Gasteiger partial charge in [0.25, 0.3) is 0 Å². The molecule has 8 aromatic carbocycles. The van der Waals surface area contributed by atoms with Crippen LogP contribution >= 0.6 is 0 Å². The lowest BCUT2D eigenvalue weighted by molar-refractivity contribution is 0.889. The van der Waals surface area contributed by atoms with Gasteiger partial charge in [-0.25, -0.2) is 0 Å².